The number of benzene rings is 2. The van der Waals surface area contributed by atoms with Crippen LogP contribution in [-0.4, -0.2) is 14.4 Å². The Morgan fingerprint density at radius 2 is 1.47 bits per heavy atom. The maximum Gasteiger partial charge on any atom is 0.147 e. The third kappa shape index (κ3) is 2.68. The van der Waals surface area contributed by atoms with Crippen LogP contribution in [0.25, 0.3) is 49.5 Å². The van der Waals surface area contributed by atoms with Crippen LogP contribution < -0.4 is 0 Å². The van der Waals surface area contributed by atoms with E-state index in [2.05, 4.69) is 88.4 Å². The fourth-order valence-corrected chi connectivity index (χ4v) is 4.66. The van der Waals surface area contributed by atoms with Gasteiger partial charge in [-0.3, -0.25) is 9.38 Å². The Hall–Kier alpha value is -3.40. The zero-order chi connectivity index (χ0) is 22.4. The molecule has 0 saturated carbocycles. The van der Waals surface area contributed by atoms with E-state index in [9.17, 15) is 0 Å². The number of hydrogen-bond donors (Lipinski definition) is 0. The van der Waals surface area contributed by atoms with Gasteiger partial charge in [-0.2, -0.15) is 0 Å². The Labute approximate surface area is 186 Å². The van der Waals surface area contributed by atoms with Crippen LogP contribution in [0.5, 0.6) is 0 Å². The molecule has 32 heavy (non-hydrogen) atoms. The number of rotatable bonds is 0. The summed E-state index contributed by atoms with van der Waals surface area (Å²) in [4.78, 5) is 10.1. The van der Waals surface area contributed by atoms with E-state index < -0.39 is 0 Å². The van der Waals surface area contributed by atoms with E-state index in [1.54, 1.807) is 0 Å². The van der Waals surface area contributed by atoms with Gasteiger partial charge in [-0.1, -0.05) is 59.7 Å². The van der Waals surface area contributed by atoms with Crippen molar-refractivity contribution in [3.05, 3.63) is 66.0 Å². The molecule has 0 atom stereocenters. The van der Waals surface area contributed by atoms with Crippen LogP contribution in [0.2, 0.25) is 0 Å². The second kappa shape index (κ2) is 6.10. The molecule has 0 unspecified atom stereocenters. The molecule has 0 amide bonds. The van der Waals surface area contributed by atoms with E-state index in [4.69, 9.17) is 14.4 Å². The number of imidazole rings is 1. The van der Waals surface area contributed by atoms with Gasteiger partial charge < -0.3 is 4.42 Å². The third-order valence-electron chi connectivity index (χ3n) is 6.37. The Bertz CT molecular complexity index is 1690. The number of aromatic nitrogens is 3. The highest BCUT2D eigenvalue weighted by Crippen LogP contribution is 2.36. The Balaban J connectivity index is 1.79. The lowest BCUT2D eigenvalue weighted by molar-refractivity contribution is 0.563. The van der Waals surface area contributed by atoms with Crippen LogP contribution >= 0.6 is 0 Å². The van der Waals surface area contributed by atoms with E-state index in [1.165, 1.54) is 5.69 Å². The average Bonchev–Trinajstić information content (AvgIpc) is 3.27. The summed E-state index contributed by atoms with van der Waals surface area (Å²) in [5.41, 5.74) is 7.98. The predicted octanol–water partition coefficient (Wildman–Crippen LogP) is 7.53. The minimum atomic E-state index is -0.0765. The number of fused-ring (bicyclic) bond motifs is 8. The van der Waals surface area contributed by atoms with Crippen LogP contribution in [0.15, 0.2) is 59.0 Å². The summed E-state index contributed by atoms with van der Waals surface area (Å²) in [5, 5.41) is 3.33. The summed E-state index contributed by atoms with van der Waals surface area (Å²) in [6, 6.07) is 19.1. The van der Waals surface area contributed by atoms with E-state index >= 15 is 0 Å². The van der Waals surface area contributed by atoms with Gasteiger partial charge in [0, 0.05) is 44.4 Å². The minimum Gasteiger partial charge on any atom is -0.456 e. The van der Waals surface area contributed by atoms with Gasteiger partial charge in [-0.25, -0.2) is 4.98 Å². The molecule has 6 rings (SSSR count). The van der Waals surface area contributed by atoms with Crippen LogP contribution in [0.4, 0.5) is 0 Å². The molecular weight excluding hydrogens is 394 g/mol. The molecule has 4 nitrogen and oxygen atoms in total. The molecule has 2 aromatic carbocycles. The molecule has 0 saturated heterocycles. The van der Waals surface area contributed by atoms with Crippen molar-refractivity contribution in [1.29, 1.82) is 0 Å². The number of nitrogens with zero attached hydrogens (tertiary/aromatic N) is 3. The maximum atomic E-state index is 6.13. The number of pyridine rings is 2. The third-order valence-corrected chi connectivity index (χ3v) is 6.37. The van der Waals surface area contributed by atoms with E-state index in [1.807, 2.05) is 12.1 Å². The van der Waals surface area contributed by atoms with Gasteiger partial charge in [0.2, 0.25) is 0 Å². The molecule has 0 radical (unpaired) electrons. The van der Waals surface area contributed by atoms with Crippen molar-refractivity contribution in [2.24, 2.45) is 0 Å². The number of hydrogen-bond acceptors (Lipinski definition) is 3. The molecular formula is C28H27N3O. The van der Waals surface area contributed by atoms with Gasteiger partial charge in [-0.05, 0) is 30.3 Å². The zero-order valence-electron chi connectivity index (χ0n) is 19.4. The van der Waals surface area contributed by atoms with E-state index in [0.717, 1.165) is 55.2 Å². The van der Waals surface area contributed by atoms with Crippen LogP contribution in [0.1, 0.15) is 52.9 Å². The summed E-state index contributed by atoms with van der Waals surface area (Å²) in [5.74, 6) is 0. The Morgan fingerprint density at radius 1 is 0.688 bits per heavy atom. The highest BCUT2D eigenvalue weighted by Gasteiger charge is 2.24. The molecule has 0 spiro atoms. The van der Waals surface area contributed by atoms with Gasteiger partial charge in [0.1, 0.15) is 16.8 Å². The second-order valence-electron chi connectivity index (χ2n) is 10.9. The molecule has 0 aliphatic heterocycles. The highest BCUT2D eigenvalue weighted by atomic mass is 16.3. The average molecular weight is 422 g/mol. The van der Waals surface area contributed by atoms with Crippen LogP contribution in [0.3, 0.4) is 0 Å². The molecule has 0 aliphatic rings. The van der Waals surface area contributed by atoms with Crippen molar-refractivity contribution in [2.45, 2.75) is 52.4 Å². The van der Waals surface area contributed by atoms with Crippen molar-refractivity contribution in [3.63, 3.8) is 0 Å². The lowest BCUT2D eigenvalue weighted by Crippen LogP contribution is -2.17. The molecule has 4 heteroatoms. The summed E-state index contributed by atoms with van der Waals surface area (Å²) >= 11 is 0. The maximum absolute atomic E-state index is 6.13. The summed E-state index contributed by atoms with van der Waals surface area (Å²) in [6.07, 6.45) is 0. The monoisotopic (exact) mass is 421 g/mol. The number of furan rings is 1. The van der Waals surface area contributed by atoms with Crippen molar-refractivity contribution >= 4 is 49.5 Å². The zero-order valence-corrected chi connectivity index (χ0v) is 19.4. The lowest BCUT2D eigenvalue weighted by Gasteiger charge is -2.23. The smallest absolute Gasteiger partial charge is 0.147 e. The summed E-state index contributed by atoms with van der Waals surface area (Å²) in [7, 11) is 0. The SMILES string of the molecule is CC(C)(C)c1ccc2c(cc(C(C)(C)C)n3c4cc5c(cc4nc23)oc2ccccc25)n1. The Kier molecular flexibility index (Phi) is 3.68. The first-order chi connectivity index (χ1) is 15.1. The molecule has 160 valence electrons. The summed E-state index contributed by atoms with van der Waals surface area (Å²) < 4.78 is 8.45. The fourth-order valence-electron chi connectivity index (χ4n) is 4.66. The van der Waals surface area contributed by atoms with E-state index in [0.29, 0.717) is 0 Å². The Morgan fingerprint density at radius 3 is 2.22 bits per heavy atom. The topological polar surface area (TPSA) is 43.3 Å². The predicted molar refractivity (Wildman–Crippen MR) is 133 cm³/mol. The molecule has 0 bridgehead atoms. The quantitative estimate of drug-likeness (QED) is 0.254. The molecule has 0 aliphatic carbocycles. The highest BCUT2D eigenvalue weighted by molar-refractivity contribution is 6.10. The van der Waals surface area contributed by atoms with Crippen molar-refractivity contribution < 1.29 is 4.42 Å². The largest absolute Gasteiger partial charge is 0.456 e. The van der Waals surface area contributed by atoms with Crippen LogP contribution in [-0.2, 0) is 10.8 Å². The van der Waals surface area contributed by atoms with Gasteiger partial charge in [-0.15, -0.1) is 0 Å². The first kappa shape index (κ1) is 19.3. The van der Waals surface area contributed by atoms with Gasteiger partial charge in [0.05, 0.1) is 16.6 Å². The molecule has 6 aromatic rings. The molecule has 0 N–H and O–H groups in total. The lowest BCUT2D eigenvalue weighted by atomic mass is 9.89. The standard InChI is InChI=1S/C28H27N3O/c1-27(2,3)24-12-11-17-19(29-24)15-25(28(4,5)6)31-21-13-18-16-9-7-8-10-22(16)32-23(18)14-20(21)30-26(17)31/h7-15H,1-6H3. The first-order valence-corrected chi connectivity index (χ1v) is 11.2. The molecule has 4 aromatic heterocycles. The minimum absolute atomic E-state index is 0.00607. The molecule has 0 fully saturated rings. The first-order valence-electron chi connectivity index (χ1n) is 11.2. The summed E-state index contributed by atoms with van der Waals surface area (Å²) in [6.45, 7) is 13.4. The number of para-hydroxylation sites is 1. The van der Waals surface area contributed by atoms with Crippen molar-refractivity contribution in [3.8, 4) is 0 Å². The van der Waals surface area contributed by atoms with Gasteiger partial charge in [0.15, 0.2) is 0 Å². The van der Waals surface area contributed by atoms with E-state index in [-0.39, 0.29) is 10.8 Å². The van der Waals surface area contributed by atoms with Gasteiger partial charge >= 0.3 is 0 Å². The normalized spacial score (nSPS) is 13.3. The van der Waals surface area contributed by atoms with Crippen LogP contribution in [0, 0.1) is 0 Å². The fraction of sp³-hybridized carbons (Fsp3) is 0.286. The second-order valence-corrected chi connectivity index (χ2v) is 10.9. The van der Waals surface area contributed by atoms with Crippen molar-refractivity contribution in [1.82, 2.24) is 14.4 Å². The van der Waals surface area contributed by atoms with Crippen molar-refractivity contribution in [2.75, 3.05) is 0 Å². The van der Waals surface area contributed by atoms with Gasteiger partial charge in [0.25, 0.3) is 0 Å². The molecule has 4 heterocycles.